The van der Waals surface area contributed by atoms with Crippen molar-refractivity contribution in [2.75, 3.05) is 37.8 Å². The number of anilines is 1. The van der Waals surface area contributed by atoms with Crippen LogP contribution in [0.1, 0.15) is 97.6 Å². The zero-order valence-corrected chi connectivity index (χ0v) is 37.6. The van der Waals surface area contributed by atoms with Gasteiger partial charge in [-0.05, 0) is 6.42 Å². The Morgan fingerprint density at radius 1 is 0.934 bits per heavy atom. The van der Waals surface area contributed by atoms with Gasteiger partial charge in [0.15, 0.2) is 22.8 Å². The van der Waals surface area contributed by atoms with Crippen LogP contribution in [0.2, 0.25) is 0 Å². The molecule has 2 aromatic heterocycles. The number of carbonyl (C=O) groups excluding carboxylic acids is 3. The van der Waals surface area contributed by atoms with Crippen molar-refractivity contribution in [3.8, 4) is 0 Å². The topological polar surface area (TPSA) is 364 Å². The first kappa shape index (κ1) is 52.9. The number of nitrogens with two attached hydrogens (primary N) is 1. The van der Waals surface area contributed by atoms with E-state index >= 15 is 0 Å². The Kier molecular flexibility index (Phi) is 21.3. The summed E-state index contributed by atoms with van der Waals surface area (Å²) in [5.41, 5.74) is 4.28. The Labute approximate surface area is 356 Å². The number of hydrogen-bond donors (Lipinski definition) is 9. The van der Waals surface area contributed by atoms with E-state index in [9.17, 15) is 57.9 Å². The lowest BCUT2D eigenvalue weighted by atomic mass is 9.87. The zero-order chi connectivity index (χ0) is 45.4. The van der Waals surface area contributed by atoms with E-state index < -0.39 is 84.6 Å². The van der Waals surface area contributed by atoms with Gasteiger partial charge >= 0.3 is 23.5 Å². The second-order valence-electron chi connectivity index (χ2n) is 14.9. The van der Waals surface area contributed by atoms with E-state index in [0.717, 1.165) is 48.2 Å². The molecule has 0 aromatic carbocycles. The molecule has 0 aliphatic carbocycles. The molecule has 0 saturated carbocycles. The van der Waals surface area contributed by atoms with E-state index in [4.69, 9.17) is 19.5 Å². The van der Waals surface area contributed by atoms with Crippen molar-refractivity contribution in [1.29, 1.82) is 0 Å². The fraction of sp³-hybridized carbons (Fsp3) is 0.758. The molecule has 0 radical (unpaired) electrons. The zero-order valence-electron chi connectivity index (χ0n) is 34.1. The number of aromatic nitrogens is 4. The Hall–Kier alpha value is -2.44. The summed E-state index contributed by atoms with van der Waals surface area (Å²) in [6, 6.07) is 0. The summed E-state index contributed by atoms with van der Waals surface area (Å²) >= 11 is 1.15. The number of nitrogen functional groups attached to an aromatic ring is 1. The number of nitrogens with zero attached hydrogens (tertiary/aromatic N) is 4. The van der Waals surface area contributed by atoms with Crippen molar-refractivity contribution < 1.29 is 80.5 Å². The first-order valence-corrected chi connectivity index (χ1v) is 25.1. The first-order chi connectivity index (χ1) is 28.6. The number of phosphoric acid groups is 3. The molecule has 1 fully saturated rings. The van der Waals surface area contributed by atoms with Crippen LogP contribution in [0, 0.1) is 5.41 Å². The minimum Gasteiger partial charge on any atom is -0.386 e. The number of nitrogens with one attached hydrogen (secondary N) is 2. The summed E-state index contributed by atoms with van der Waals surface area (Å²) in [7, 11) is -16.4. The van der Waals surface area contributed by atoms with Gasteiger partial charge in [-0.2, -0.15) is 4.31 Å². The number of thioether (sulfide) groups is 1. The highest BCUT2D eigenvalue weighted by molar-refractivity contribution is 8.13. The van der Waals surface area contributed by atoms with Gasteiger partial charge in [0.25, 0.3) is 0 Å². The number of aliphatic hydroxyl groups is 2. The highest BCUT2D eigenvalue weighted by atomic mass is 32.2. The summed E-state index contributed by atoms with van der Waals surface area (Å²) in [6.45, 7) is 2.76. The van der Waals surface area contributed by atoms with Gasteiger partial charge < -0.3 is 50.9 Å². The van der Waals surface area contributed by atoms with Crippen molar-refractivity contribution in [3.05, 3.63) is 12.7 Å². The molecule has 3 rings (SSSR count). The van der Waals surface area contributed by atoms with Crippen molar-refractivity contribution in [2.24, 2.45) is 5.41 Å². The van der Waals surface area contributed by atoms with E-state index in [-0.39, 0.29) is 41.6 Å². The van der Waals surface area contributed by atoms with Gasteiger partial charge in [0.2, 0.25) is 11.8 Å². The van der Waals surface area contributed by atoms with Crippen LogP contribution in [-0.4, -0.2) is 123 Å². The Balaban J connectivity index is 1.38. The first-order valence-electron chi connectivity index (χ1n) is 19.6. The second kappa shape index (κ2) is 24.6. The summed E-state index contributed by atoms with van der Waals surface area (Å²) in [6.07, 6.45) is 4.02. The van der Waals surface area contributed by atoms with Crippen molar-refractivity contribution >= 4 is 69.1 Å². The average Bonchev–Trinajstić information content (AvgIpc) is 3.73. The van der Waals surface area contributed by atoms with Gasteiger partial charge in [0.05, 0.1) is 19.5 Å². The van der Waals surface area contributed by atoms with Crippen LogP contribution in [0.25, 0.3) is 11.2 Å². The minimum atomic E-state index is -5.57. The lowest BCUT2D eigenvalue weighted by Crippen LogP contribution is -2.46. The summed E-state index contributed by atoms with van der Waals surface area (Å²) in [4.78, 5) is 88.0. The number of phosphoric ester groups is 3. The predicted octanol–water partition coefficient (Wildman–Crippen LogP) is 2.59. The molecule has 1 aliphatic heterocycles. The summed E-state index contributed by atoms with van der Waals surface area (Å²) in [5.74, 6) is -1.02. The molecule has 1 aliphatic rings. The molecule has 3 unspecified atom stereocenters. The molecule has 1 saturated heterocycles. The Morgan fingerprint density at radius 2 is 1.57 bits per heavy atom. The average molecular weight is 950 g/mol. The number of hydrogen-bond acceptors (Lipinski definition) is 18. The van der Waals surface area contributed by atoms with Crippen molar-refractivity contribution in [3.63, 3.8) is 0 Å². The monoisotopic (exact) mass is 949 g/mol. The minimum absolute atomic E-state index is 0.0332. The van der Waals surface area contributed by atoms with Crippen LogP contribution in [-0.2, 0) is 50.7 Å². The van der Waals surface area contributed by atoms with E-state index in [1.807, 2.05) is 0 Å². The number of aliphatic hydroxyl groups excluding tert-OH is 2. The molecule has 24 nitrogen and oxygen atoms in total. The van der Waals surface area contributed by atoms with E-state index in [0.29, 0.717) is 12.2 Å². The highest BCUT2D eigenvalue weighted by Crippen LogP contribution is 2.61. The molecule has 0 spiro atoms. The van der Waals surface area contributed by atoms with Gasteiger partial charge in [0.1, 0.15) is 36.3 Å². The van der Waals surface area contributed by atoms with Crippen LogP contribution >= 0.6 is 35.2 Å². The van der Waals surface area contributed by atoms with Gasteiger partial charge in [-0.15, -0.1) is 0 Å². The number of carbonyl (C=O) groups is 3. The smallest absolute Gasteiger partial charge is 0.386 e. The van der Waals surface area contributed by atoms with Crippen LogP contribution in [0.3, 0.4) is 0 Å². The molecule has 2 aromatic rings. The number of amides is 2. The standard InChI is InChI=1S/C33H58N7O17P3S/c1-4-5-6-7-8-9-10-11-12-13-24(42)61-17-16-35-23(41)14-15-36-31(45)28(44)33(2,3)19-54-60(51,52)57-59(49,50)53-18-22-27(56-58(46,47)48)26(43)32(55-22)40-21-39-25-29(34)37-20-38-30(25)40/h20-22,26-28,32,43-44H,4-19H2,1-3H3,(H,35,41)(H,36,45)(H,49,50)(H,51,52)(H2,34,37,38)(H2,46,47,48)/t22-,26?,27+,28+,32-/m1/s1. The lowest BCUT2D eigenvalue weighted by Gasteiger charge is -2.30. The number of fused-ring (bicyclic) bond motifs is 1. The number of rotatable bonds is 29. The fourth-order valence-electron chi connectivity index (χ4n) is 5.95. The molecule has 2 amide bonds. The molecule has 348 valence electrons. The van der Waals surface area contributed by atoms with Crippen LogP contribution in [0.15, 0.2) is 12.7 Å². The third-order valence-electron chi connectivity index (χ3n) is 9.25. The maximum atomic E-state index is 12.7. The summed E-state index contributed by atoms with van der Waals surface area (Å²) < 4.78 is 62.3. The fourth-order valence-corrected chi connectivity index (χ4v) is 9.50. The van der Waals surface area contributed by atoms with Gasteiger partial charge in [-0.1, -0.05) is 83.9 Å². The lowest BCUT2D eigenvalue weighted by molar-refractivity contribution is -0.137. The maximum absolute atomic E-state index is 12.7. The Bertz CT molecular complexity index is 1890. The number of unbranched alkanes of at least 4 members (excludes halogenated alkanes) is 8. The van der Waals surface area contributed by atoms with Crippen LogP contribution in [0.4, 0.5) is 5.82 Å². The largest absolute Gasteiger partial charge is 0.481 e. The van der Waals surface area contributed by atoms with Crippen molar-refractivity contribution in [1.82, 2.24) is 30.2 Å². The molecule has 7 atom stereocenters. The molecule has 10 N–H and O–H groups in total. The highest BCUT2D eigenvalue weighted by Gasteiger charge is 2.50. The van der Waals surface area contributed by atoms with E-state index in [1.54, 1.807) is 0 Å². The number of ether oxygens (including phenoxy) is 1. The van der Waals surface area contributed by atoms with Gasteiger partial charge in [-0.25, -0.2) is 28.6 Å². The molecular weight excluding hydrogens is 891 g/mol. The molecule has 28 heteroatoms. The normalized spacial score (nSPS) is 20.9. The van der Waals surface area contributed by atoms with Crippen molar-refractivity contribution in [2.45, 2.75) is 122 Å². The van der Waals surface area contributed by atoms with Gasteiger partial charge in [0, 0.05) is 37.1 Å². The second-order valence-corrected chi connectivity index (χ2v) is 20.3. The van der Waals surface area contributed by atoms with Gasteiger partial charge in [-0.3, -0.25) is 32.5 Å². The molecular formula is C33H58N7O17P3S. The predicted molar refractivity (Wildman–Crippen MR) is 219 cm³/mol. The molecule has 0 bridgehead atoms. The van der Waals surface area contributed by atoms with E-state index in [1.165, 1.54) is 52.4 Å². The quantitative estimate of drug-likeness (QED) is 0.0418. The summed E-state index contributed by atoms with van der Waals surface area (Å²) in [5, 5.41) is 26.6. The third kappa shape index (κ3) is 18.3. The third-order valence-corrected chi connectivity index (χ3v) is 13.3. The molecule has 61 heavy (non-hydrogen) atoms. The maximum Gasteiger partial charge on any atom is 0.481 e. The number of imidazole rings is 1. The Morgan fingerprint density at radius 3 is 2.23 bits per heavy atom. The van der Waals surface area contributed by atoms with Crippen LogP contribution in [0.5, 0.6) is 0 Å². The SMILES string of the molecule is CCCCCCCCCCCC(=O)SCCNC(=O)CCNC(=O)[C@H](O)C(C)(C)COP(=O)(O)OP(=O)(O)OC[C@H]1O[C@@H](n2cnc3c(N)ncnc32)C(O)[C@H]1OP(=O)(O)O. The van der Waals surface area contributed by atoms with E-state index in [2.05, 4.69) is 41.3 Å². The van der Waals surface area contributed by atoms with Crippen LogP contribution < -0.4 is 16.4 Å². The molecule has 3 heterocycles.